The molecule has 0 aromatic rings. The molecule has 0 aromatic heterocycles. The summed E-state index contributed by atoms with van der Waals surface area (Å²) in [5, 5.41) is 0. The monoisotopic (exact) mass is 236 g/mol. The number of cyclic esters (lactones) is 2. The van der Waals surface area contributed by atoms with E-state index in [1.54, 1.807) is 0 Å². The minimum absolute atomic E-state index is 0.0154. The zero-order valence-corrected chi connectivity index (χ0v) is 10.8. The fourth-order valence-corrected chi connectivity index (χ4v) is 4.93. The first-order valence-electron chi connectivity index (χ1n) is 6.57. The molecule has 1 saturated heterocycles. The molecule has 2 saturated carbocycles. The molecule has 17 heavy (non-hydrogen) atoms. The molecule has 3 aliphatic rings. The van der Waals surface area contributed by atoms with Crippen molar-refractivity contribution in [3.63, 3.8) is 0 Å². The highest BCUT2D eigenvalue weighted by Gasteiger charge is 2.76. The second-order valence-electron chi connectivity index (χ2n) is 7.00. The third-order valence-corrected chi connectivity index (χ3v) is 5.81. The van der Waals surface area contributed by atoms with Crippen LogP contribution >= 0.6 is 0 Å². The van der Waals surface area contributed by atoms with Gasteiger partial charge in [-0.1, -0.05) is 27.2 Å². The van der Waals surface area contributed by atoms with Gasteiger partial charge in [0.1, 0.15) is 0 Å². The fraction of sp³-hybridized carbons (Fsp3) is 0.857. The van der Waals surface area contributed by atoms with Gasteiger partial charge in [-0.15, -0.1) is 0 Å². The molecule has 0 aromatic carbocycles. The zero-order valence-electron chi connectivity index (χ0n) is 10.8. The first-order valence-corrected chi connectivity index (χ1v) is 6.57. The third-order valence-electron chi connectivity index (χ3n) is 5.81. The molecule has 1 heterocycles. The third kappa shape index (κ3) is 1.18. The van der Waals surface area contributed by atoms with Gasteiger partial charge in [0.05, 0.1) is 12.3 Å². The van der Waals surface area contributed by atoms with Crippen LogP contribution in [0.1, 0.15) is 52.9 Å². The van der Waals surface area contributed by atoms with Crippen LogP contribution in [-0.2, 0) is 14.3 Å². The van der Waals surface area contributed by atoms with Crippen LogP contribution in [0.2, 0.25) is 0 Å². The van der Waals surface area contributed by atoms with E-state index in [-0.39, 0.29) is 34.1 Å². The second-order valence-corrected chi connectivity index (χ2v) is 7.00. The summed E-state index contributed by atoms with van der Waals surface area (Å²) in [5.41, 5.74) is 0.123. The van der Waals surface area contributed by atoms with E-state index in [1.165, 1.54) is 0 Å². The minimum Gasteiger partial charge on any atom is -0.393 e. The van der Waals surface area contributed by atoms with E-state index in [9.17, 15) is 9.59 Å². The smallest absolute Gasteiger partial charge is 0.317 e. The van der Waals surface area contributed by atoms with Crippen LogP contribution in [0.3, 0.4) is 0 Å². The summed E-state index contributed by atoms with van der Waals surface area (Å²) in [7, 11) is 0. The van der Waals surface area contributed by atoms with Crippen molar-refractivity contribution in [2.75, 3.05) is 0 Å². The molecule has 3 unspecified atom stereocenters. The topological polar surface area (TPSA) is 43.4 Å². The van der Waals surface area contributed by atoms with Gasteiger partial charge in [-0.2, -0.15) is 0 Å². The van der Waals surface area contributed by atoms with Crippen LogP contribution < -0.4 is 0 Å². The first-order chi connectivity index (χ1) is 7.82. The van der Waals surface area contributed by atoms with Gasteiger partial charge in [-0.05, 0) is 35.5 Å². The molecule has 1 spiro atoms. The molecule has 94 valence electrons. The Morgan fingerprint density at radius 3 is 2.59 bits per heavy atom. The molecular formula is C14H20O3. The SMILES string of the molecule is CC1(C)CCCC2(C)CC(=O)OC(=O)C3CC312. The largest absolute Gasteiger partial charge is 0.393 e. The van der Waals surface area contributed by atoms with Crippen molar-refractivity contribution < 1.29 is 14.3 Å². The van der Waals surface area contributed by atoms with Gasteiger partial charge in [0.25, 0.3) is 0 Å². The van der Waals surface area contributed by atoms with Gasteiger partial charge in [-0.25, -0.2) is 0 Å². The van der Waals surface area contributed by atoms with Crippen molar-refractivity contribution in [1.29, 1.82) is 0 Å². The number of carbonyl (C=O) groups excluding carboxylic acids is 2. The van der Waals surface area contributed by atoms with Crippen LogP contribution in [0.25, 0.3) is 0 Å². The summed E-state index contributed by atoms with van der Waals surface area (Å²) >= 11 is 0. The van der Waals surface area contributed by atoms with E-state index in [4.69, 9.17) is 4.74 Å². The number of carbonyl (C=O) groups is 2. The quantitative estimate of drug-likeness (QED) is 0.480. The molecule has 1 aliphatic heterocycles. The van der Waals surface area contributed by atoms with E-state index >= 15 is 0 Å². The normalized spacial score (nSPS) is 47.6. The highest BCUT2D eigenvalue weighted by atomic mass is 16.6. The maximum Gasteiger partial charge on any atom is 0.317 e. The van der Waals surface area contributed by atoms with Gasteiger partial charge >= 0.3 is 11.9 Å². The number of hydrogen-bond acceptors (Lipinski definition) is 3. The average Bonchev–Trinajstić information content (AvgIpc) is 2.90. The molecule has 3 heteroatoms. The molecule has 0 bridgehead atoms. The Hall–Kier alpha value is -0.860. The molecule has 3 fully saturated rings. The molecule has 0 N–H and O–H groups in total. The summed E-state index contributed by atoms with van der Waals surface area (Å²) in [4.78, 5) is 23.6. The van der Waals surface area contributed by atoms with Crippen LogP contribution in [-0.4, -0.2) is 11.9 Å². The molecular weight excluding hydrogens is 216 g/mol. The molecule has 3 nitrogen and oxygen atoms in total. The maximum atomic E-state index is 11.9. The molecule has 2 aliphatic carbocycles. The van der Waals surface area contributed by atoms with Crippen molar-refractivity contribution in [3.05, 3.63) is 0 Å². The first kappa shape index (κ1) is 11.2. The van der Waals surface area contributed by atoms with Gasteiger partial charge in [0, 0.05) is 0 Å². The van der Waals surface area contributed by atoms with Crippen molar-refractivity contribution >= 4 is 11.9 Å². The summed E-state index contributed by atoms with van der Waals surface area (Å²) in [5.74, 6) is -0.621. The van der Waals surface area contributed by atoms with E-state index in [0.717, 1.165) is 25.7 Å². The lowest BCUT2D eigenvalue weighted by atomic mass is 9.52. The van der Waals surface area contributed by atoms with Crippen LogP contribution in [0.4, 0.5) is 0 Å². The lowest BCUT2D eigenvalue weighted by Gasteiger charge is -2.51. The van der Waals surface area contributed by atoms with Gasteiger partial charge in [0.15, 0.2) is 0 Å². The van der Waals surface area contributed by atoms with E-state index < -0.39 is 0 Å². The maximum absolute atomic E-state index is 11.9. The summed E-state index contributed by atoms with van der Waals surface area (Å²) < 4.78 is 4.93. The van der Waals surface area contributed by atoms with Gasteiger partial charge in [0.2, 0.25) is 0 Å². The number of ether oxygens (including phenoxy) is 1. The predicted octanol–water partition coefficient (Wildman–Crippen LogP) is 2.68. The molecule has 3 rings (SSSR count). The Morgan fingerprint density at radius 2 is 1.88 bits per heavy atom. The van der Waals surface area contributed by atoms with Crippen molar-refractivity contribution in [2.45, 2.75) is 52.9 Å². The summed E-state index contributed by atoms with van der Waals surface area (Å²) in [6.45, 7) is 6.70. The Labute approximate surface area is 102 Å². The van der Waals surface area contributed by atoms with E-state index in [2.05, 4.69) is 20.8 Å². The zero-order chi connectivity index (χ0) is 12.5. The summed E-state index contributed by atoms with van der Waals surface area (Å²) in [6.07, 6.45) is 4.69. The number of rotatable bonds is 0. The standard InChI is InChI=1S/C14H20O3/c1-12(2)5-4-6-13(3)8-10(15)17-11(16)9-7-14(9,12)13/h9H,4-8H2,1-3H3. The average molecular weight is 236 g/mol. The Balaban J connectivity index is 2.10. The predicted molar refractivity (Wildman–Crippen MR) is 62.0 cm³/mol. The summed E-state index contributed by atoms with van der Waals surface area (Å²) in [6, 6.07) is 0. The highest BCUT2D eigenvalue weighted by molar-refractivity contribution is 5.91. The van der Waals surface area contributed by atoms with Gasteiger partial charge in [-0.3, -0.25) is 9.59 Å². The highest BCUT2D eigenvalue weighted by Crippen LogP contribution is 2.78. The Kier molecular flexibility index (Phi) is 1.94. The van der Waals surface area contributed by atoms with E-state index in [0.29, 0.717) is 6.42 Å². The lowest BCUT2D eigenvalue weighted by Crippen LogP contribution is -2.46. The van der Waals surface area contributed by atoms with Crippen molar-refractivity contribution in [2.24, 2.45) is 22.2 Å². The Morgan fingerprint density at radius 1 is 1.18 bits per heavy atom. The molecule has 0 amide bonds. The van der Waals surface area contributed by atoms with Crippen molar-refractivity contribution in [1.82, 2.24) is 0 Å². The fourth-order valence-electron chi connectivity index (χ4n) is 4.93. The Bertz CT molecular complexity index is 412. The molecule has 0 radical (unpaired) electrons. The van der Waals surface area contributed by atoms with Crippen LogP contribution in [0.5, 0.6) is 0 Å². The number of esters is 2. The number of hydrogen-bond donors (Lipinski definition) is 0. The second kappa shape index (κ2) is 2.93. The van der Waals surface area contributed by atoms with E-state index in [1.807, 2.05) is 0 Å². The molecule has 3 atom stereocenters. The minimum atomic E-state index is -0.318. The lowest BCUT2D eigenvalue weighted by molar-refractivity contribution is -0.160. The van der Waals surface area contributed by atoms with Crippen LogP contribution in [0, 0.1) is 22.2 Å². The van der Waals surface area contributed by atoms with Crippen LogP contribution in [0.15, 0.2) is 0 Å². The van der Waals surface area contributed by atoms with Crippen molar-refractivity contribution in [3.8, 4) is 0 Å². The van der Waals surface area contributed by atoms with Gasteiger partial charge < -0.3 is 4.74 Å².